The molecule has 0 bridgehead atoms. The molecule has 0 spiro atoms. The van der Waals surface area contributed by atoms with E-state index >= 15 is 0 Å². The van der Waals surface area contributed by atoms with Crippen molar-refractivity contribution in [1.29, 1.82) is 0 Å². The Morgan fingerprint density at radius 2 is 2.50 bits per heavy atom. The standard InChI is InChI=1S/C4H10N2S2/c1-2-3-8-6-4(5)7/h2-3H2,1H3,(H3,5,6,7). The molecule has 0 aliphatic heterocycles. The highest BCUT2D eigenvalue weighted by Crippen LogP contribution is 1.93. The molecular formula is C4H10N2S2. The molecule has 48 valence electrons. The van der Waals surface area contributed by atoms with Crippen LogP contribution >= 0.6 is 24.2 Å². The zero-order chi connectivity index (χ0) is 6.41. The Labute approximate surface area is 59.3 Å². The van der Waals surface area contributed by atoms with Gasteiger partial charge in [0.05, 0.1) is 0 Å². The van der Waals surface area contributed by atoms with E-state index in [4.69, 9.17) is 5.73 Å². The number of nitrogens with two attached hydrogens (primary N) is 1. The molecule has 0 rings (SSSR count). The smallest absolute Gasteiger partial charge is 0.173 e. The van der Waals surface area contributed by atoms with Crippen molar-refractivity contribution >= 4 is 29.3 Å². The quantitative estimate of drug-likeness (QED) is 0.356. The van der Waals surface area contributed by atoms with Gasteiger partial charge in [-0.15, -0.1) is 0 Å². The summed E-state index contributed by atoms with van der Waals surface area (Å²) in [4.78, 5) is 0. The summed E-state index contributed by atoms with van der Waals surface area (Å²) in [6.07, 6.45) is 1.14. The first-order chi connectivity index (χ1) is 3.77. The molecule has 0 aromatic heterocycles. The van der Waals surface area contributed by atoms with Crippen LogP contribution in [0.4, 0.5) is 0 Å². The predicted molar refractivity (Wildman–Crippen MR) is 42.7 cm³/mol. The molecular weight excluding hydrogens is 140 g/mol. The summed E-state index contributed by atoms with van der Waals surface area (Å²) < 4.78 is 2.77. The average molecular weight is 150 g/mol. The topological polar surface area (TPSA) is 38.0 Å². The number of hydrogen-bond donors (Lipinski definition) is 2. The van der Waals surface area contributed by atoms with Gasteiger partial charge in [-0.2, -0.15) is 0 Å². The number of rotatable bonds is 3. The first kappa shape index (κ1) is 8.04. The van der Waals surface area contributed by atoms with Crippen molar-refractivity contribution in [3.63, 3.8) is 0 Å². The molecule has 0 atom stereocenters. The van der Waals surface area contributed by atoms with Gasteiger partial charge in [0.25, 0.3) is 0 Å². The minimum atomic E-state index is 0.364. The van der Waals surface area contributed by atoms with Gasteiger partial charge in [-0.25, -0.2) is 0 Å². The molecule has 8 heavy (non-hydrogen) atoms. The van der Waals surface area contributed by atoms with Crippen LogP contribution in [0.15, 0.2) is 0 Å². The molecule has 0 aliphatic carbocycles. The fourth-order valence-electron chi connectivity index (χ4n) is 0.224. The van der Waals surface area contributed by atoms with E-state index in [2.05, 4.69) is 23.9 Å². The molecule has 0 fully saturated rings. The minimum Gasteiger partial charge on any atom is -0.376 e. The molecule has 0 aliphatic rings. The normalized spacial score (nSPS) is 8.62. The molecule has 0 aromatic carbocycles. The molecule has 3 N–H and O–H groups in total. The zero-order valence-corrected chi connectivity index (χ0v) is 6.44. The third-order valence-corrected chi connectivity index (χ3v) is 1.69. The van der Waals surface area contributed by atoms with Crippen LogP contribution < -0.4 is 10.5 Å². The van der Waals surface area contributed by atoms with Crippen LogP contribution in [0, 0.1) is 0 Å². The lowest BCUT2D eigenvalue weighted by Gasteiger charge is -1.97. The molecule has 0 amide bonds. The van der Waals surface area contributed by atoms with Crippen molar-refractivity contribution in [2.45, 2.75) is 13.3 Å². The molecule has 0 saturated heterocycles. The summed E-state index contributed by atoms with van der Waals surface area (Å²) in [5.74, 6) is 1.05. The Hall–Kier alpha value is 0.0400. The fraction of sp³-hybridized carbons (Fsp3) is 0.750. The van der Waals surface area contributed by atoms with Crippen LogP contribution in [-0.2, 0) is 0 Å². The van der Waals surface area contributed by atoms with Crippen molar-refractivity contribution in [2.75, 3.05) is 5.75 Å². The van der Waals surface area contributed by atoms with E-state index in [1.165, 1.54) is 0 Å². The van der Waals surface area contributed by atoms with Gasteiger partial charge in [0.15, 0.2) is 5.11 Å². The van der Waals surface area contributed by atoms with Crippen molar-refractivity contribution in [1.82, 2.24) is 4.72 Å². The van der Waals surface area contributed by atoms with E-state index in [1.807, 2.05) is 0 Å². The maximum Gasteiger partial charge on any atom is 0.173 e. The van der Waals surface area contributed by atoms with Crippen LogP contribution in [0.2, 0.25) is 0 Å². The van der Waals surface area contributed by atoms with E-state index in [-0.39, 0.29) is 0 Å². The maximum atomic E-state index is 5.13. The monoisotopic (exact) mass is 150 g/mol. The third-order valence-electron chi connectivity index (χ3n) is 0.479. The lowest BCUT2D eigenvalue weighted by molar-refractivity contribution is 1.10. The Kier molecular flexibility index (Phi) is 5.21. The van der Waals surface area contributed by atoms with Crippen LogP contribution in [-0.4, -0.2) is 10.9 Å². The van der Waals surface area contributed by atoms with E-state index in [0.29, 0.717) is 5.11 Å². The summed E-state index contributed by atoms with van der Waals surface area (Å²) in [6, 6.07) is 0. The third kappa shape index (κ3) is 6.04. The molecule has 0 saturated carbocycles. The first-order valence-electron chi connectivity index (χ1n) is 2.44. The predicted octanol–water partition coefficient (Wildman–Crippen LogP) is 0.878. The Morgan fingerprint density at radius 1 is 1.88 bits per heavy atom. The number of nitrogens with one attached hydrogen (secondary N) is 1. The minimum absolute atomic E-state index is 0.364. The van der Waals surface area contributed by atoms with Crippen LogP contribution in [0.1, 0.15) is 13.3 Å². The van der Waals surface area contributed by atoms with Crippen LogP contribution in [0.3, 0.4) is 0 Å². The summed E-state index contributed by atoms with van der Waals surface area (Å²) in [5, 5.41) is 0.364. The summed E-state index contributed by atoms with van der Waals surface area (Å²) in [7, 11) is 0. The largest absolute Gasteiger partial charge is 0.376 e. The van der Waals surface area contributed by atoms with E-state index in [9.17, 15) is 0 Å². The second-order valence-corrected chi connectivity index (χ2v) is 2.66. The summed E-state index contributed by atoms with van der Waals surface area (Å²) >= 11 is 6.10. The van der Waals surface area contributed by atoms with Crippen molar-refractivity contribution < 1.29 is 0 Å². The second kappa shape index (κ2) is 5.18. The van der Waals surface area contributed by atoms with Gasteiger partial charge in [0, 0.05) is 5.75 Å². The van der Waals surface area contributed by atoms with Gasteiger partial charge in [-0.3, -0.25) is 0 Å². The highest BCUT2D eigenvalue weighted by Gasteiger charge is 1.83. The molecule has 0 aromatic rings. The van der Waals surface area contributed by atoms with E-state index < -0.39 is 0 Å². The first-order valence-corrected chi connectivity index (χ1v) is 3.84. The van der Waals surface area contributed by atoms with E-state index in [0.717, 1.165) is 12.2 Å². The zero-order valence-electron chi connectivity index (χ0n) is 4.81. The van der Waals surface area contributed by atoms with Gasteiger partial charge >= 0.3 is 0 Å². The van der Waals surface area contributed by atoms with Gasteiger partial charge in [-0.05, 0) is 18.6 Å². The molecule has 0 heterocycles. The van der Waals surface area contributed by atoms with Crippen molar-refractivity contribution in [3.8, 4) is 0 Å². The van der Waals surface area contributed by atoms with Gasteiger partial charge in [-0.1, -0.05) is 18.9 Å². The summed E-state index contributed by atoms with van der Waals surface area (Å²) in [6.45, 7) is 2.11. The van der Waals surface area contributed by atoms with Gasteiger partial charge in [0.2, 0.25) is 0 Å². The fourth-order valence-corrected chi connectivity index (χ4v) is 0.849. The van der Waals surface area contributed by atoms with Crippen LogP contribution in [0.25, 0.3) is 0 Å². The van der Waals surface area contributed by atoms with E-state index in [1.54, 1.807) is 11.9 Å². The van der Waals surface area contributed by atoms with Crippen molar-refractivity contribution in [3.05, 3.63) is 0 Å². The number of thiocarbonyl (C=S) groups is 1. The lowest BCUT2D eigenvalue weighted by Crippen LogP contribution is -2.22. The van der Waals surface area contributed by atoms with Crippen molar-refractivity contribution in [2.24, 2.45) is 5.73 Å². The average Bonchev–Trinajstić information content (AvgIpc) is 1.66. The molecule has 0 unspecified atom stereocenters. The SMILES string of the molecule is CCCSNC(N)=S. The lowest BCUT2D eigenvalue weighted by atomic mass is 10.6. The Balaban J connectivity index is 2.82. The van der Waals surface area contributed by atoms with Gasteiger partial charge in [0.1, 0.15) is 0 Å². The molecule has 0 radical (unpaired) electrons. The Bertz CT molecular complexity index is 74.4. The number of hydrogen-bond acceptors (Lipinski definition) is 2. The molecule has 4 heteroatoms. The van der Waals surface area contributed by atoms with Crippen LogP contribution in [0.5, 0.6) is 0 Å². The highest BCUT2D eigenvalue weighted by molar-refractivity contribution is 7.98. The van der Waals surface area contributed by atoms with Gasteiger partial charge < -0.3 is 10.5 Å². The molecule has 2 nitrogen and oxygen atoms in total. The highest BCUT2D eigenvalue weighted by atomic mass is 32.2. The Morgan fingerprint density at radius 3 is 2.88 bits per heavy atom. The summed E-state index contributed by atoms with van der Waals surface area (Å²) in [5.41, 5.74) is 5.13. The maximum absolute atomic E-state index is 5.13. The second-order valence-electron chi connectivity index (χ2n) is 1.31.